The average molecular weight is 344 g/mol. The van der Waals surface area contributed by atoms with E-state index in [-0.39, 0.29) is 6.10 Å². The third-order valence-corrected chi connectivity index (χ3v) is 3.91. The lowest BCUT2D eigenvalue weighted by Crippen LogP contribution is -2.42. The molecule has 22 heavy (non-hydrogen) atoms. The molecule has 0 amide bonds. The first-order valence-corrected chi connectivity index (χ1v) is 9.28. The predicted octanol–water partition coefficient (Wildman–Crippen LogP) is 3.42. The molecule has 2 N–H and O–H groups in total. The fraction of sp³-hybridized carbons (Fsp3) is 0.562. The number of nitrogens with one attached hydrogen (secondary N) is 2. The molecule has 0 saturated carbocycles. The van der Waals surface area contributed by atoms with Crippen LogP contribution in [0.5, 0.6) is 5.75 Å². The zero-order valence-electron chi connectivity index (χ0n) is 13.6. The lowest BCUT2D eigenvalue weighted by molar-refractivity contribution is 0.224. The fourth-order valence-corrected chi connectivity index (χ4v) is 2.53. The van der Waals surface area contributed by atoms with E-state index in [2.05, 4.69) is 21.9 Å². The van der Waals surface area contributed by atoms with Gasteiger partial charge in [0.15, 0.2) is 5.96 Å². The second kappa shape index (κ2) is 11.5. The van der Waals surface area contributed by atoms with Crippen LogP contribution >= 0.6 is 23.4 Å². The molecule has 1 rings (SSSR count). The molecule has 0 aliphatic rings. The van der Waals surface area contributed by atoms with Crippen molar-refractivity contribution in [3.63, 3.8) is 0 Å². The van der Waals surface area contributed by atoms with E-state index in [4.69, 9.17) is 16.3 Å². The first kappa shape index (κ1) is 19.0. The highest BCUT2D eigenvalue weighted by molar-refractivity contribution is 7.98. The Labute approximate surface area is 143 Å². The molecule has 0 aliphatic heterocycles. The summed E-state index contributed by atoms with van der Waals surface area (Å²) in [5.41, 5.74) is 0. The highest BCUT2D eigenvalue weighted by Crippen LogP contribution is 2.18. The van der Waals surface area contributed by atoms with Crippen LogP contribution in [-0.2, 0) is 0 Å². The van der Waals surface area contributed by atoms with Crippen molar-refractivity contribution in [3.05, 3.63) is 29.3 Å². The van der Waals surface area contributed by atoms with Gasteiger partial charge in [0, 0.05) is 18.6 Å². The van der Waals surface area contributed by atoms with E-state index in [1.165, 1.54) is 12.2 Å². The van der Waals surface area contributed by atoms with Crippen molar-refractivity contribution in [1.82, 2.24) is 10.6 Å². The first-order valence-electron chi connectivity index (χ1n) is 7.51. The average Bonchev–Trinajstić information content (AvgIpc) is 2.50. The summed E-state index contributed by atoms with van der Waals surface area (Å²) in [5, 5.41) is 7.26. The van der Waals surface area contributed by atoms with E-state index in [1.54, 1.807) is 7.05 Å². The molecule has 1 aromatic carbocycles. The molecule has 1 unspecified atom stereocenters. The van der Waals surface area contributed by atoms with Crippen molar-refractivity contribution < 1.29 is 4.74 Å². The standard InChI is InChI=1S/C16H26ClN3OS/c1-13(21-15-8-6-7-14(17)11-15)12-20-16(18-2)19-9-4-5-10-22-3/h6-8,11,13H,4-5,9-10,12H2,1-3H3,(H2,18,19,20). The molecule has 0 saturated heterocycles. The van der Waals surface area contributed by atoms with Crippen LogP contribution < -0.4 is 15.4 Å². The Morgan fingerprint density at radius 1 is 1.36 bits per heavy atom. The predicted molar refractivity (Wildman–Crippen MR) is 98.5 cm³/mol. The van der Waals surface area contributed by atoms with Crippen molar-refractivity contribution in [2.45, 2.75) is 25.9 Å². The van der Waals surface area contributed by atoms with Crippen LogP contribution in [0.2, 0.25) is 5.02 Å². The molecule has 0 bridgehead atoms. The molecule has 1 atom stereocenters. The SMILES string of the molecule is CN=C(NCCCCSC)NCC(C)Oc1cccc(Cl)c1. The summed E-state index contributed by atoms with van der Waals surface area (Å²) < 4.78 is 5.82. The molecule has 0 aromatic heterocycles. The van der Waals surface area contributed by atoms with Crippen molar-refractivity contribution in [2.75, 3.05) is 32.1 Å². The van der Waals surface area contributed by atoms with Crippen molar-refractivity contribution >= 4 is 29.3 Å². The number of hydrogen-bond donors (Lipinski definition) is 2. The number of halogens is 1. The highest BCUT2D eigenvalue weighted by Gasteiger charge is 2.06. The minimum atomic E-state index is 0.0218. The van der Waals surface area contributed by atoms with Crippen molar-refractivity contribution in [1.29, 1.82) is 0 Å². The maximum atomic E-state index is 5.95. The number of hydrogen-bond acceptors (Lipinski definition) is 3. The van der Waals surface area contributed by atoms with E-state index in [1.807, 2.05) is 43.0 Å². The summed E-state index contributed by atoms with van der Waals surface area (Å²) in [6.45, 7) is 3.63. The molecular formula is C16H26ClN3OS. The molecule has 1 aromatic rings. The maximum absolute atomic E-state index is 5.95. The van der Waals surface area contributed by atoms with Gasteiger partial charge in [-0.05, 0) is 50.0 Å². The fourth-order valence-electron chi connectivity index (χ4n) is 1.85. The van der Waals surface area contributed by atoms with Gasteiger partial charge in [-0.2, -0.15) is 11.8 Å². The summed E-state index contributed by atoms with van der Waals surface area (Å²) >= 11 is 7.83. The Morgan fingerprint density at radius 2 is 2.18 bits per heavy atom. The molecule has 0 aliphatic carbocycles. The maximum Gasteiger partial charge on any atom is 0.191 e. The lowest BCUT2D eigenvalue weighted by atomic mass is 10.3. The van der Waals surface area contributed by atoms with E-state index < -0.39 is 0 Å². The van der Waals surface area contributed by atoms with Crippen LogP contribution in [0.15, 0.2) is 29.3 Å². The van der Waals surface area contributed by atoms with Gasteiger partial charge >= 0.3 is 0 Å². The van der Waals surface area contributed by atoms with Crippen LogP contribution in [0.1, 0.15) is 19.8 Å². The number of ether oxygens (including phenoxy) is 1. The van der Waals surface area contributed by atoms with Gasteiger partial charge in [-0.3, -0.25) is 4.99 Å². The van der Waals surface area contributed by atoms with Crippen LogP contribution in [0.25, 0.3) is 0 Å². The second-order valence-corrected chi connectivity index (χ2v) is 6.39. The minimum Gasteiger partial charge on any atom is -0.489 e. The normalized spacial score (nSPS) is 12.8. The van der Waals surface area contributed by atoms with E-state index in [0.717, 1.165) is 24.7 Å². The summed E-state index contributed by atoms with van der Waals surface area (Å²) in [5.74, 6) is 2.80. The van der Waals surface area contributed by atoms with E-state index in [0.29, 0.717) is 11.6 Å². The van der Waals surface area contributed by atoms with Crippen LogP contribution in [-0.4, -0.2) is 44.2 Å². The Morgan fingerprint density at radius 3 is 2.86 bits per heavy atom. The van der Waals surface area contributed by atoms with Crippen LogP contribution in [0, 0.1) is 0 Å². The van der Waals surface area contributed by atoms with E-state index in [9.17, 15) is 0 Å². The number of unbranched alkanes of at least 4 members (excludes halogenated alkanes) is 1. The summed E-state index contributed by atoms with van der Waals surface area (Å²) in [6, 6.07) is 7.44. The molecular weight excluding hydrogens is 318 g/mol. The topological polar surface area (TPSA) is 45.7 Å². The Kier molecular flexibility index (Phi) is 9.91. The van der Waals surface area contributed by atoms with Crippen LogP contribution in [0.3, 0.4) is 0 Å². The van der Waals surface area contributed by atoms with Crippen LogP contribution in [0.4, 0.5) is 0 Å². The van der Waals surface area contributed by atoms with Gasteiger partial charge in [-0.25, -0.2) is 0 Å². The molecule has 0 radical (unpaired) electrons. The van der Waals surface area contributed by atoms with Gasteiger partial charge < -0.3 is 15.4 Å². The minimum absolute atomic E-state index is 0.0218. The van der Waals surface area contributed by atoms with Gasteiger partial charge in [0.05, 0.1) is 6.54 Å². The second-order valence-electron chi connectivity index (χ2n) is 4.97. The van der Waals surface area contributed by atoms with Gasteiger partial charge in [0.25, 0.3) is 0 Å². The smallest absolute Gasteiger partial charge is 0.191 e. The molecule has 0 spiro atoms. The zero-order chi connectivity index (χ0) is 16.2. The van der Waals surface area contributed by atoms with Gasteiger partial charge in [0.1, 0.15) is 11.9 Å². The summed E-state index contributed by atoms with van der Waals surface area (Å²) in [4.78, 5) is 4.21. The number of aliphatic imine (C=N–C) groups is 1. The number of nitrogens with zero attached hydrogens (tertiary/aromatic N) is 1. The van der Waals surface area contributed by atoms with Gasteiger partial charge in [-0.15, -0.1) is 0 Å². The number of rotatable bonds is 9. The Bertz CT molecular complexity index is 457. The Hall–Kier alpha value is -1.07. The lowest BCUT2D eigenvalue weighted by Gasteiger charge is -2.17. The van der Waals surface area contributed by atoms with Crippen molar-refractivity contribution in [2.24, 2.45) is 4.99 Å². The van der Waals surface area contributed by atoms with Crippen molar-refractivity contribution in [3.8, 4) is 5.75 Å². The zero-order valence-corrected chi connectivity index (χ0v) is 15.1. The van der Waals surface area contributed by atoms with E-state index >= 15 is 0 Å². The first-order chi connectivity index (χ1) is 10.7. The number of benzene rings is 1. The van der Waals surface area contributed by atoms with Gasteiger partial charge in [0.2, 0.25) is 0 Å². The molecule has 124 valence electrons. The summed E-state index contributed by atoms with van der Waals surface area (Å²) in [7, 11) is 1.78. The number of thioether (sulfide) groups is 1. The molecule has 0 heterocycles. The third-order valence-electron chi connectivity index (χ3n) is 2.98. The Balaban J connectivity index is 2.24. The molecule has 6 heteroatoms. The largest absolute Gasteiger partial charge is 0.489 e. The molecule has 0 fully saturated rings. The van der Waals surface area contributed by atoms with Gasteiger partial charge in [-0.1, -0.05) is 17.7 Å². The monoisotopic (exact) mass is 343 g/mol. The summed E-state index contributed by atoms with van der Waals surface area (Å²) in [6.07, 6.45) is 4.53. The third kappa shape index (κ3) is 8.39. The number of guanidine groups is 1. The molecule has 4 nitrogen and oxygen atoms in total. The highest BCUT2D eigenvalue weighted by atomic mass is 35.5. The quantitative estimate of drug-likeness (QED) is 0.410.